The highest BCUT2D eigenvalue weighted by molar-refractivity contribution is 7.10. The van der Waals surface area contributed by atoms with Crippen LogP contribution in [0.1, 0.15) is 36.7 Å². The molecule has 1 fully saturated rings. The minimum Gasteiger partial charge on any atom is -0.324 e. The molecule has 0 bridgehead atoms. The van der Waals surface area contributed by atoms with Gasteiger partial charge in [-0.25, -0.2) is 0 Å². The highest BCUT2D eigenvalue weighted by Gasteiger charge is 2.68. The quantitative estimate of drug-likeness (QED) is 0.491. The van der Waals surface area contributed by atoms with E-state index >= 15 is 0 Å². The molecule has 3 amide bonds. The lowest BCUT2D eigenvalue weighted by Crippen LogP contribution is -2.79. The van der Waals surface area contributed by atoms with Gasteiger partial charge in [0.1, 0.15) is 5.54 Å². The van der Waals surface area contributed by atoms with E-state index < -0.39 is 11.6 Å². The zero-order valence-electron chi connectivity index (χ0n) is 15.4. The first-order valence-electron chi connectivity index (χ1n) is 9.56. The van der Waals surface area contributed by atoms with Crippen LogP contribution < -0.4 is 0 Å². The van der Waals surface area contributed by atoms with Gasteiger partial charge in [-0.3, -0.25) is 19.3 Å². The van der Waals surface area contributed by atoms with Crippen molar-refractivity contribution in [2.24, 2.45) is 0 Å². The number of amides is 3. The van der Waals surface area contributed by atoms with Crippen LogP contribution in [0.4, 0.5) is 0 Å². The average molecular weight is 400 g/mol. The molecule has 2 aromatic carbocycles. The fraction of sp³-hybridized carbons (Fsp3) is 0.174. The van der Waals surface area contributed by atoms with E-state index in [0.29, 0.717) is 17.7 Å². The SMILES string of the molecule is O=C1c2ccccc2C(=O)N1[C@@H]1C(=O)N2CCc3sccc3[C@@]12c1ccccc1. The number of imide groups is 1. The zero-order valence-corrected chi connectivity index (χ0v) is 16.2. The van der Waals surface area contributed by atoms with E-state index in [9.17, 15) is 14.4 Å². The van der Waals surface area contributed by atoms with E-state index in [0.717, 1.165) is 17.5 Å². The molecule has 0 radical (unpaired) electrons. The summed E-state index contributed by atoms with van der Waals surface area (Å²) in [5, 5.41) is 2.03. The Bertz CT molecular complexity index is 1170. The van der Waals surface area contributed by atoms with Crippen LogP contribution in [0.25, 0.3) is 0 Å². The molecule has 6 rings (SSSR count). The first-order chi connectivity index (χ1) is 14.2. The number of thiophene rings is 1. The first-order valence-corrected chi connectivity index (χ1v) is 10.4. The highest BCUT2D eigenvalue weighted by Crippen LogP contribution is 2.54. The fourth-order valence-corrected chi connectivity index (χ4v) is 6.08. The lowest BCUT2D eigenvalue weighted by Gasteiger charge is -2.61. The molecule has 0 saturated carbocycles. The van der Waals surface area contributed by atoms with Crippen molar-refractivity contribution in [3.63, 3.8) is 0 Å². The van der Waals surface area contributed by atoms with Gasteiger partial charge in [0.25, 0.3) is 11.8 Å². The number of carbonyl (C=O) groups excluding carboxylic acids is 3. The van der Waals surface area contributed by atoms with Crippen molar-refractivity contribution >= 4 is 29.1 Å². The zero-order chi connectivity index (χ0) is 19.8. The molecular weight excluding hydrogens is 384 g/mol. The van der Waals surface area contributed by atoms with Gasteiger partial charge in [0, 0.05) is 11.4 Å². The van der Waals surface area contributed by atoms with Gasteiger partial charge in [-0.15, -0.1) is 11.3 Å². The van der Waals surface area contributed by atoms with Crippen molar-refractivity contribution in [2.75, 3.05) is 6.54 Å². The maximum absolute atomic E-state index is 13.3. The van der Waals surface area contributed by atoms with Crippen molar-refractivity contribution in [3.05, 3.63) is 93.2 Å². The summed E-state index contributed by atoms with van der Waals surface area (Å²) in [7, 11) is 0. The third kappa shape index (κ3) is 1.87. The predicted molar refractivity (Wildman–Crippen MR) is 108 cm³/mol. The van der Waals surface area contributed by atoms with Crippen LogP contribution in [-0.2, 0) is 16.8 Å². The molecular formula is C23H16N2O3S. The molecule has 1 saturated heterocycles. The molecule has 0 spiro atoms. The Morgan fingerprint density at radius 1 is 0.862 bits per heavy atom. The Kier molecular flexibility index (Phi) is 3.24. The van der Waals surface area contributed by atoms with Crippen LogP contribution in [0.3, 0.4) is 0 Å². The lowest BCUT2D eigenvalue weighted by molar-refractivity contribution is -0.167. The topological polar surface area (TPSA) is 57.7 Å². The molecule has 4 heterocycles. The van der Waals surface area contributed by atoms with Crippen LogP contribution >= 0.6 is 11.3 Å². The van der Waals surface area contributed by atoms with Crippen molar-refractivity contribution in [1.29, 1.82) is 0 Å². The van der Waals surface area contributed by atoms with Gasteiger partial charge in [0.2, 0.25) is 5.91 Å². The van der Waals surface area contributed by atoms with Crippen LogP contribution in [-0.4, -0.2) is 40.1 Å². The van der Waals surface area contributed by atoms with E-state index in [-0.39, 0.29) is 17.7 Å². The number of carbonyl (C=O) groups is 3. The van der Waals surface area contributed by atoms with E-state index in [1.165, 1.54) is 9.78 Å². The number of β-lactam (4-membered cyclic amide) rings is 1. The maximum atomic E-state index is 13.3. The summed E-state index contributed by atoms with van der Waals surface area (Å²) in [6, 6.07) is 17.7. The van der Waals surface area contributed by atoms with E-state index in [4.69, 9.17) is 0 Å². The van der Waals surface area contributed by atoms with Gasteiger partial charge in [-0.1, -0.05) is 42.5 Å². The lowest BCUT2D eigenvalue weighted by atomic mass is 9.66. The van der Waals surface area contributed by atoms with Gasteiger partial charge in [-0.05, 0) is 41.1 Å². The third-order valence-electron chi connectivity index (χ3n) is 6.34. The molecule has 3 aliphatic rings. The van der Waals surface area contributed by atoms with Crippen molar-refractivity contribution in [2.45, 2.75) is 18.0 Å². The number of benzene rings is 2. The van der Waals surface area contributed by atoms with Crippen LogP contribution in [0.5, 0.6) is 0 Å². The van der Waals surface area contributed by atoms with Crippen LogP contribution in [0.15, 0.2) is 66.0 Å². The van der Waals surface area contributed by atoms with Crippen molar-refractivity contribution in [1.82, 2.24) is 9.80 Å². The second-order valence-electron chi connectivity index (χ2n) is 7.56. The molecule has 2 atom stereocenters. The number of hydrogen-bond donors (Lipinski definition) is 0. The smallest absolute Gasteiger partial charge is 0.262 e. The summed E-state index contributed by atoms with van der Waals surface area (Å²) in [6.07, 6.45) is 0.794. The van der Waals surface area contributed by atoms with E-state index in [2.05, 4.69) is 0 Å². The Balaban J connectivity index is 1.59. The summed E-state index contributed by atoms with van der Waals surface area (Å²) in [4.78, 5) is 44.0. The van der Waals surface area contributed by atoms with Crippen molar-refractivity contribution < 1.29 is 14.4 Å². The second-order valence-corrected chi connectivity index (χ2v) is 8.56. The van der Waals surface area contributed by atoms with Gasteiger partial charge < -0.3 is 4.90 Å². The Morgan fingerprint density at radius 3 is 2.21 bits per heavy atom. The fourth-order valence-electron chi connectivity index (χ4n) is 5.15. The second kappa shape index (κ2) is 5.64. The molecule has 5 nitrogen and oxygen atoms in total. The Morgan fingerprint density at radius 2 is 1.52 bits per heavy atom. The summed E-state index contributed by atoms with van der Waals surface area (Å²) in [5.74, 6) is -0.942. The minimum absolute atomic E-state index is 0.166. The molecule has 0 aliphatic carbocycles. The normalized spacial score (nSPS) is 24.8. The first kappa shape index (κ1) is 16.7. The number of fused-ring (bicyclic) bond motifs is 4. The highest BCUT2D eigenvalue weighted by atomic mass is 32.1. The largest absolute Gasteiger partial charge is 0.324 e. The number of nitrogens with zero attached hydrogens (tertiary/aromatic N) is 2. The summed E-state index contributed by atoms with van der Waals surface area (Å²) >= 11 is 1.67. The molecule has 29 heavy (non-hydrogen) atoms. The van der Waals surface area contributed by atoms with E-state index in [1.54, 1.807) is 35.6 Å². The van der Waals surface area contributed by atoms with Crippen molar-refractivity contribution in [3.8, 4) is 0 Å². The monoisotopic (exact) mass is 400 g/mol. The summed E-state index contributed by atoms with van der Waals surface area (Å²) in [5.41, 5.74) is 1.88. The van der Waals surface area contributed by atoms with Crippen LogP contribution in [0, 0.1) is 0 Å². The maximum Gasteiger partial charge on any atom is 0.262 e. The molecule has 142 valence electrons. The standard InChI is InChI=1S/C23H16N2O3S/c26-20-15-8-4-5-9-16(15)21(27)25(20)19-22(28)24-12-10-18-17(11-13-29-18)23(19,24)14-6-2-1-3-7-14/h1-9,11,13,19H,10,12H2/t19-,23+/m1/s1. The molecule has 3 aliphatic heterocycles. The van der Waals surface area contributed by atoms with Gasteiger partial charge in [-0.2, -0.15) is 0 Å². The molecule has 0 unspecified atom stereocenters. The number of rotatable bonds is 2. The molecule has 1 aromatic heterocycles. The Hall–Kier alpha value is -3.25. The third-order valence-corrected chi connectivity index (χ3v) is 7.32. The summed E-state index contributed by atoms with van der Waals surface area (Å²) in [6.45, 7) is 0.584. The summed E-state index contributed by atoms with van der Waals surface area (Å²) < 4.78 is 0. The minimum atomic E-state index is -0.869. The molecule has 3 aromatic rings. The van der Waals surface area contributed by atoms with E-state index in [1.807, 2.05) is 46.7 Å². The molecule has 6 heteroatoms. The molecule has 0 N–H and O–H groups in total. The predicted octanol–water partition coefficient (Wildman–Crippen LogP) is 3.05. The average Bonchev–Trinajstić information content (AvgIpc) is 3.33. The van der Waals surface area contributed by atoms with Gasteiger partial charge in [0.05, 0.1) is 11.1 Å². The van der Waals surface area contributed by atoms with Gasteiger partial charge >= 0.3 is 0 Å². The number of hydrogen-bond acceptors (Lipinski definition) is 4. The van der Waals surface area contributed by atoms with Crippen LogP contribution in [0.2, 0.25) is 0 Å². The van der Waals surface area contributed by atoms with Gasteiger partial charge in [0.15, 0.2) is 6.04 Å². The Labute approximate surface area is 171 Å².